The highest BCUT2D eigenvalue weighted by atomic mass is 32.2. The Kier molecular flexibility index (Phi) is 4.22. The van der Waals surface area contributed by atoms with Crippen LogP contribution in [0.2, 0.25) is 0 Å². The molecule has 0 amide bonds. The van der Waals surface area contributed by atoms with Crippen molar-refractivity contribution in [1.82, 2.24) is 23.1 Å². The van der Waals surface area contributed by atoms with E-state index in [0.29, 0.717) is 19.0 Å². The van der Waals surface area contributed by atoms with E-state index in [1.54, 1.807) is 26.5 Å². The molecule has 0 saturated carbocycles. The summed E-state index contributed by atoms with van der Waals surface area (Å²) in [7, 11) is -0.175. The zero-order chi connectivity index (χ0) is 16.6. The largest absolute Gasteiger partial charge is 0.328 e. The third-order valence-electron chi connectivity index (χ3n) is 4.13. The van der Waals surface area contributed by atoms with Gasteiger partial charge in [-0.15, -0.1) is 0 Å². The van der Waals surface area contributed by atoms with E-state index in [1.807, 2.05) is 25.3 Å². The van der Waals surface area contributed by atoms with Crippen molar-refractivity contribution in [2.45, 2.75) is 13.5 Å². The molecule has 1 aliphatic rings. The van der Waals surface area contributed by atoms with E-state index in [-0.39, 0.29) is 0 Å². The van der Waals surface area contributed by atoms with Crippen molar-refractivity contribution >= 4 is 10.2 Å². The van der Waals surface area contributed by atoms with E-state index in [9.17, 15) is 8.42 Å². The van der Waals surface area contributed by atoms with Crippen LogP contribution in [-0.2, 0) is 16.8 Å². The number of aryl methyl sites for hydroxylation is 1. The first kappa shape index (κ1) is 16.1. The van der Waals surface area contributed by atoms with E-state index < -0.39 is 10.2 Å². The highest BCUT2D eigenvalue weighted by Gasteiger charge is 2.37. The molecule has 0 bridgehead atoms. The molecule has 1 saturated heterocycles. The van der Waals surface area contributed by atoms with Gasteiger partial charge >= 0.3 is 0 Å². The maximum Gasteiger partial charge on any atom is 0.281 e. The van der Waals surface area contributed by atoms with Crippen LogP contribution in [0.4, 0.5) is 0 Å². The van der Waals surface area contributed by atoms with Gasteiger partial charge in [0.15, 0.2) is 0 Å². The summed E-state index contributed by atoms with van der Waals surface area (Å²) in [4.78, 5) is 8.62. The number of hydrogen-bond acceptors (Lipinski definition) is 4. The minimum Gasteiger partial charge on any atom is -0.328 e. The van der Waals surface area contributed by atoms with Crippen LogP contribution in [0, 0.1) is 12.8 Å². The lowest BCUT2D eigenvalue weighted by atomic mass is 10.0. The van der Waals surface area contributed by atoms with Crippen molar-refractivity contribution in [3.8, 4) is 11.4 Å². The molecule has 0 spiro atoms. The third-order valence-corrected chi connectivity index (χ3v) is 6.00. The topological polar surface area (TPSA) is 71.3 Å². The fraction of sp³-hybridized carbons (Fsp3) is 0.467. The smallest absolute Gasteiger partial charge is 0.281 e. The average Bonchev–Trinajstić information content (AvgIpc) is 2.84. The normalized spacial score (nSPS) is 16.7. The summed E-state index contributed by atoms with van der Waals surface area (Å²) >= 11 is 0. The molecule has 1 fully saturated rings. The summed E-state index contributed by atoms with van der Waals surface area (Å²) in [6.45, 7) is 3.87. The highest BCUT2D eigenvalue weighted by Crippen LogP contribution is 2.26. The number of imidazole rings is 1. The molecule has 23 heavy (non-hydrogen) atoms. The Balaban J connectivity index is 1.73. The molecule has 7 nitrogen and oxygen atoms in total. The molecule has 2 aromatic heterocycles. The molecule has 0 unspecified atom stereocenters. The van der Waals surface area contributed by atoms with Crippen LogP contribution in [-0.4, -0.2) is 58.7 Å². The lowest BCUT2D eigenvalue weighted by molar-refractivity contribution is 0.171. The van der Waals surface area contributed by atoms with Crippen molar-refractivity contribution in [1.29, 1.82) is 0 Å². The van der Waals surface area contributed by atoms with Gasteiger partial charge in [0.1, 0.15) is 5.82 Å². The second kappa shape index (κ2) is 6.03. The van der Waals surface area contributed by atoms with Gasteiger partial charge in [-0.2, -0.15) is 17.0 Å². The van der Waals surface area contributed by atoms with Gasteiger partial charge in [-0.25, -0.2) is 4.98 Å². The summed E-state index contributed by atoms with van der Waals surface area (Å²) in [5, 5.41) is 0. The summed E-state index contributed by atoms with van der Waals surface area (Å²) in [5.74, 6) is 1.18. The minimum absolute atomic E-state index is 0.299. The van der Waals surface area contributed by atoms with E-state index in [4.69, 9.17) is 0 Å². The number of pyridine rings is 1. The van der Waals surface area contributed by atoms with Gasteiger partial charge in [0, 0.05) is 69.5 Å². The molecule has 0 atom stereocenters. The van der Waals surface area contributed by atoms with Gasteiger partial charge in [-0.3, -0.25) is 4.98 Å². The molecule has 0 N–H and O–H groups in total. The Morgan fingerprint density at radius 2 is 2.04 bits per heavy atom. The van der Waals surface area contributed by atoms with E-state index in [1.165, 1.54) is 8.61 Å². The lowest BCUT2D eigenvalue weighted by Gasteiger charge is -2.39. The Morgan fingerprint density at radius 1 is 1.30 bits per heavy atom. The number of aromatic nitrogens is 3. The summed E-state index contributed by atoms with van der Waals surface area (Å²) in [5.41, 5.74) is 2.04. The first-order chi connectivity index (χ1) is 10.9. The molecule has 3 heterocycles. The van der Waals surface area contributed by atoms with Gasteiger partial charge in [0.2, 0.25) is 0 Å². The Hall–Kier alpha value is -1.77. The van der Waals surface area contributed by atoms with Crippen LogP contribution in [0.5, 0.6) is 0 Å². The average molecular weight is 335 g/mol. The first-order valence-corrected chi connectivity index (χ1v) is 8.89. The molecule has 3 rings (SSSR count). The molecule has 0 aromatic carbocycles. The predicted octanol–water partition coefficient (Wildman–Crippen LogP) is 0.992. The van der Waals surface area contributed by atoms with Crippen molar-refractivity contribution in [3.05, 3.63) is 36.4 Å². The molecular formula is C15H21N5O2S. The second-order valence-corrected chi connectivity index (χ2v) is 8.19. The van der Waals surface area contributed by atoms with Crippen LogP contribution in [0.1, 0.15) is 5.69 Å². The van der Waals surface area contributed by atoms with E-state index in [2.05, 4.69) is 14.5 Å². The van der Waals surface area contributed by atoms with Crippen molar-refractivity contribution in [3.63, 3.8) is 0 Å². The molecule has 2 aromatic rings. The van der Waals surface area contributed by atoms with Crippen LogP contribution < -0.4 is 0 Å². The SMILES string of the molecule is Cc1cnc(-c2cccnc2)n1CC1CN(S(=O)(=O)N(C)C)C1. The monoisotopic (exact) mass is 335 g/mol. The second-order valence-electron chi connectivity index (χ2n) is 6.05. The van der Waals surface area contributed by atoms with Gasteiger partial charge in [0.25, 0.3) is 10.2 Å². The maximum absolute atomic E-state index is 12.0. The zero-order valence-electron chi connectivity index (χ0n) is 13.5. The van der Waals surface area contributed by atoms with Crippen LogP contribution in [0.15, 0.2) is 30.7 Å². The lowest BCUT2D eigenvalue weighted by Crippen LogP contribution is -2.54. The summed E-state index contributed by atoms with van der Waals surface area (Å²) in [6, 6.07) is 3.87. The molecule has 124 valence electrons. The number of nitrogens with zero attached hydrogens (tertiary/aromatic N) is 5. The standard InChI is InChI=1S/C15H21N5O2S/c1-12-7-17-15(14-5-4-6-16-8-14)20(12)11-13-9-19(10-13)23(21,22)18(2)3/h4-8,13H,9-11H2,1-3H3. The van der Waals surface area contributed by atoms with Crippen molar-refractivity contribution in [2.75, 3.05) is 27.2 Å². The quantitative estimate of drug-likeness (QED) is 0.817. The Morgan fingerprint density at radius 3 is 2.65 bits per heavy atom. The predicted molar refractivity (Wildman–Crippen MR) is 87.9 cm³/mol. The van der Waals surface area contributed by atoms with E-state index >= 15 is 0 Å². The summed E-state index contributed by atoms with van der Waals surface area (Å²) < 4.78 is 29.0. The summed E-state index contributed by atoms with van der Waals surface area (Å²) in [6.07, 6.45) is 5.37. The molecule has 0 aliphatic carbocycles. The molecule has 8 heteroatoms. The van der Waals surface area contributed by atoms with Crippen molar-refractivity contribution < 1.29 is 8.42 Å². The van der Waals surface area contributed by atoms with Gasteiger partial charge in [-0.05, 0) is 19.1 Å². The maximum atomic E-state index is 12.0. The van der Waals surface area contributed by atoms with Crippen LogP contribution >= 0.6 is 0 Å². The number of hydrogen-bond donors (Lipinski definition) is 0. The van der Waals surface area contributed by atoms with Crippen molar-refractivity contribution in [2.24, 2.45) is 5.92 Å². The Labute approximate surface area is 136 Å². The third kappa shape index (κ3) is 3.01. The molecule has 1 aliphatic heterocycles. The first-order valence-electron chi connectivity index (χ1n) is 7.49. The number of rotatable bonds is 5. The fourth-order valence-electron chi connectivity index (χ4n) is 2.73. The highest BCUT2D eigenvalue weighted by molar-refractivity contribution is 7.86. The minimum atomic E-state index is -3.29. The fourth-order valence-corrected chi connectivity index (χ4v) is 3.99. The van der Waals surface area contributed by atoms with Crippen LogP contribution in [0.25, 0.3) is 11.4 Å². The molecular weight excluding hydrogens is 314 g/mol. The molecule has 0 radical (unpaired) electrons. The zero-order valence-corrected chi connectivity index (χ0v) is 14.4. The Bertz CT molecular complexity index is 779. The van der Waals surface area contributed by atoms with Gasteiger partial charge < -0.3 is 4.57 Å². The van der Waals surface area contributed by atoms with E-state index in [0.717, 1.165) is 23.6 Å². The van der Waals surface area contributed by atoms with Crippen LogP contribution in [0.3, 0.4) is 0 Å². The van der Waals surface area contributed by atoms with Gasteiger partial charge in [-0.1, -0.05) is 0 Å². The van der Waals surface area contributed by atoms with Gasteiger partial charge in [0.05, 0.1) is 0 Å².